The molecule has 1 N–H and O–H groups in total. The molecule has 0 spiro atoms. The number of ether oxygens (including phenoxy) is 1. The second kappa shape index (κ2) is 5.17. The van der Waals surface area contributed by atoms with Crippen LogP contribution in [0.4, 0.5) is 4.39 Å². The van der Waals surface area contributed by atoms with Crippen LogP contribution in [0.1, 0.15) is 24.2 Å². The zero-order valence-corrected chi connectivity index (χ0v) is 11.5. The number of hydrogen-bond donors (Lipinski definition) is 1. The van der Waals surface area contributed by atoms with Crippen LogP contribution in [0.5, 0.6) is 5.75 Å². The minimum absolute atomic E-state index is 0.112. The van der Waals surface area contributed by atoms with Crippen LogP contribution in [-0.2, 0) is 0 Å². The molecule has 0 unspecified atom stereocenters. The van der Waals surface area contributed by atoms with Crippen LogP contribution in [-0.4, -0.2) is 43.1 Å². The van der Waals surface area contributed by atoms with Gasteiger partial charge in [0.15, 0.2) is 11.6 Å². The number of hydrogen-bond acceptors (Lipinski definition) is 3. The molecule has 5 heteroatoms. The molecular weight excluding hydrogens is 247 g/mol. The van der Waals surface area contributed by atoms with Crippen molar-refractivity contribution < 1.29 is 13.9 Å². The molecule has 1 aliphatic rings. The summed E-state index contributed by atoms with van der Waals surface area (Å²) >= 11 is 0. The lowest BCUT2D eigenvalue weighted by Gasteiger charge is -2.39. The van der Waals surface area contributed by atoms with Crippen LogP contribution in [0, 0.1) is 5.82 Å². The molecule has 0 atom stereocenters. The van der Waals surface area contributed by atoms with Gasteiger partial charge in [-0.1, -0.05) is 0 Å². The summed E-state index contributed by atoms with van der Waals surface area (Å²) < 4.78 is 18.5. The van der Waals surface area contributed by atoms with Gasteiger partial charge in [-0.2, -0.15) is 0 Å². The third-order valence-electron chi connectivity index (χ3n) is 3.26. The Bertz CT molecular complexity index is 488. The van der Waals surface area contributed by atoms with Crippen LogP contribution in [0.3, 0.4) is 0 Å². The molecule has 1 heterocycles. The van der Waals surface area contributed by atoms with Gasteiger partial charge in [0.2, 0.25) is 0 Å². The molecular formula is C14H19FN2O2. The van der Waals surface area contributed by atoms with E-state index in [1.807, 2.05) is 13.8 Å². The van der Waals surface area contributed by atoms with Gasteiger partial charge >= 0.3 is 0 Å². The van der Waals surface area contributed by atoms with Crippen molar-refractivity contribution in [2.24, 2.45) is 0 Å². The smallest absolute Gasteiger partial charge is 0.254 e. The third-order valence-corrected chi connectivity index (χ3v) is 3.26. The van der Waals surface area contributed by atoms with Gasteiger partial charge < -0.3 is 15.0 Å². The monoisotopic (exact) mass is 266 g/mol. The molecule has 2 rings (SSSR count). The van der Waals surface area contributed by atoms with Gasteiger partial charge in [0.25, 0.3) is 5.91 Å². The van der Waals surface area contributed by atoms with Crippen molar-refractivity contribution in [1.29, 1.82) is 0 Å². The van der Waals surface area contributed by atoms with Crippen molar-refractivity contribution in [3.63, 3.8) is 0 Å². The van der Waals surface area contributed by atoms with Crippen LogP contribution in [0.2, 0.25) is 0 Å². The van der Waals surface area contributed by atoms with Crippen LogP contribution in [0.25, 0.3) is 0 Å². The zero-order valence-electron chi connectivity index (χ0n) is 11.5. The molecule has 104 valence electrons. The van der Waals surface area contributed by atoms with E-state index in [4.69, 9.17) is 4.74 Å². The summed E-state index contributed by atoms with van der Waals surface area (Å²) in [5.74, 6) is -0.504. The van der Waals surface area contributed by atoms with Crippen LogP contribution < -0.4 is 10.1 Å². The standard InChI is InChI=1S/C14H19FN2O2/c1-14(2)9-17(7-6-16-14)13(18)10-4-5-12(19-3)11(15)8-10/h4-5,8,16H,6-7,9H2,1-3H3. The molecule has 1 aromatic rings. The molecule has 0 aliphatic carbocycles. The number of amides is 1. The number of nitrogens with zero attached hydrogens (tertiary/aromatic N) is 1. The minimum Gasteiger partial charge on any atom is -0.494 e. The second-order valence-corrected chi connectivity index (χ2v) is 5.39. The van der Waals surface area contributed by atoms with Gasteiger partial charge in [-0.25, -0.2) is 4.39 Å². The largest absolute Gasteiger partial charge is 0.494 e. The minimum atomic E-state index is -0.511. The van der Waals surface area contributed by atoms with Gasteiger partial charge in [-0.05, 0) is 32.0 Å². The van der Waals surface area contributed by atoms with Gasteiger partial charge in [-0.15, -0.1) is 0 Å². The van der Waals surface area contributed by atoms with Gasteiger partial charge in [0.1, 0.15) is 0 Å². The molecule has 4 nitrogen and oxygen atoms in total. The van der Waals surface area contributed by atoms with Crippen molar-refractivity contribution >= 4 is 5.91 Å². The zero-order chi connectivity index (χ0) is 14.0. The maximum absolute atomic E-state index is 13.6. The highest BCUT2D eigenvalue weighted by molar-refractivity contribution is 5.94. The molecule has 1 saturated heterocycles. The van der Waals surface area contributed by atoms with Crippen molar-refractivity contribution in [1.82, 2.24) is 10.2 Å². The molecule has 1 aliphatic heterocycles. The second-order valence-electron chi connectivity index (χ2n) is 5.39. The van der Waals surface area contributed by atoms with E-state index in [1.165, 1.54) is 19.2 Å². The Balaban J connectivity index is 2.17. The van der Waals surface area contributed by atoms with E-state index in [-0.39, 0.29) is 17.2 Å². The summed E-state index contributed by atoms with van der Waals surface area (Å²) in [6, 6.07) is 4.31. The summed E-state index contributed by atoms with van der Waals surface area (Å²) in [6.45, 7) is 6.08. The Kier molecular flexibility index (Phi) is 3.75. The lowest BCUT2D eigenvalue weighted by atomic mass is 10.0. The van der Waals surface area contributed by atoms with E-state index < -0.39 is 5.82 Å². The first-order valence-electron chi connectivity index (χ1n) is 6.31. The molecule has 0 aromatic heterocycles. The quantitative estimate of drug-likeness (QED) is 0.885. The molecule has 1 amide bonds. The number of carbonyl (C=O) groups excluding carboxylic acids is 1. The van der Waals surface area contributed by atoms with E-state index >= 15 is 0 Å². The Hall–Kier alpha value is -1.62. The Labute approximate surface area is 112 Å². The van der Waals surface area contributed by atoms with Crippen molar-refractivity contribution in [3.05, 3.63) is 29.6 Å². The van der Waals surface area contributed by atoms with Crippen LogP contribution >= 0.6 is 0 Å². The highest BCUT2D eigenvalue weighted by Crippen LogP contribution is 2.20. The first kappa shape index (κ1) is 13.8. The third kappa shape index (κ3) is 3.04. The van der Waals surface area contributed by atoms with Crippen molar-refractivity contribution in [2.45, 2.75) is 19.4 Å². The maximum atomic E-state index is 13.6. The number of methoxy groups -OCH3 is 1. The van der Waals surface area contributed by atoms with E-state index in [9.17, 15) is 9.18 Å². The van der Waals surface area contributed by atoms with Crippen molar-refractivity contribution in [3.8, 4) is 5.75 Å². The highest BCUT2D eigenvalue weighted by atomic mass is 19.1. The molecule has 1 aromatic carbocycles. The number of carbonyl (C=O) groups is 1. The number of benzene rings is 1. The highest BCUT2D eigenvalue weighted by Gasteiger charge is 2.29. The number of halogens is 1. The number of piperazine rings is 1. The topological polar surface area (TPSA) is 41.6 Å². The molecule has 19 heavy (non-hydrogen) atoms. The summed E-state index contributed by atoms with van der Waals surface area (Å²) in [5, 5.41) is 3.34. The number of nitrogens with one attached hydrogen (secondary N) is 1. The fourth-order valence-corrected chi connectivity index (χ4v) is 2.30. The maximum Gasteiger partial charge on any atom is 0.254 e. The predicted molar refractivity (Wildman–Crippen MR) is 70.9 cm³/mol. The summed E-state index contributed by atoms with van der Waals surface area (Å²) in [5.41, 5.74) is 0.245. The fraction of sp³-hybridized carbons (Fsp3) is 0.500. The van der Waals surface area contributed by atoms with Gasteiger partial charge in [-0.3, -0.25) is 4.79 Å². The average Bonchev–Trinajstić information content (AvgIpc) is 2.36. The molecule has 0 radical (unpaired) electrons. The van der Waals surface area contributed by atoms with E-state index in [0.717, 1.165) is 6.54 Å². The first-order valence-corrected chi connectivity index (χ1v) is 6.31. The molecule has 0 saturated carbocycles. The lowest BCUT2D eigenvalue weighted by Crippen LogP contribution is -2.58. The van der Waals surface area contributed by atoms with E-state index in [1.54, 1.807) is 11.0 Å². The Morgan fingerprint density at radius 3 is 2.79 bits per heavy atom. The normalized spacial score (nSPS) is 18.2. The average molecular weight is 266 g/mol. The van der Waals surface area contributed by atoms with Crippen molar-refractivity contribution in [2.75, 3.05) is 26.7 Å². The number of rotatable bonds is 2. The summed E-state index contributed by atoms with van der Waals surface area (Å²) in [6.07, 6.45) is 0. The van der Waals surface area contributed by atoms with Gasteiger partial charge in [0, 0.05) is 30.7 Å². The lowest BCUT2D eigenvalue weighted by molar-refractivity contribution is 0.0651. The van der Waals surface area contributed by atoms with Crippen LogP contribution in [0.15, 0.2) is 18.2 Å². The Morgan fingerprint density at radius 1 is 1.47 bits per heavy atom. The Morgan fingerprint density at radius 2 is 2.21 bits per heavy atom. The SMILES string of the molecule is COc1ccc(C(=O)N2CCNC(C)(C)C2)cc1F. The summed E-state index contributed by atoms with van der Waals surface area (Å²) in [4.78, 5) is 14.1. The summed E-state index contributed by atoms with van der Waals surface area (Å²) in [7, 11) is 1.40. The van der Waals surface area contributed by atoms with E-state index in [0.29, 0.717) is 18.7 Å². The first-order chi connectivity index (χ1) is 8.93. The predicted octanol–water partition coefficient (Wildman–Crippen LogP) is 1.66. The molecule has 1 fully saturated rings. The fourth-order valence-electron chi connectivity index (χ4n) is 2.30. The van der Waals surface area contributed by atoms with E-state index in [2.05, 4.69) is 5.32 Å². The van der Waals surface area contributed by atoms with Gasteiger partial charge in [0.05, 0.1) is 7.11 Å². The molecule has 0 bridgehead atoms.